The summed E-state index contributed by atoms with van der Waals surface area (Å²) < 4.78 is 27.7. The van der Waals surface area contributed by atoms with Gasteiger partial charge in [0.05, 0.1) is 6.20 Å². The number of hydrogen-bond donors (Lipinski definition) is 3. The van der Waals surface area contributed by atoms with Gasteiger partial charge in [-0.05, 0) is 31.9 Å². The van der Waals surface area contributed by atoms with Crippen molar-refractivity contribution in [3.05, 3.63) is 11.8 Å². The molecule has 2 aliphatic carbocycles. The van der Waals surface area contributed by atoms with Crippen LogP contribution >= 0.6 is 11.8 Å². The summed E-state index contributed by atoms with van der Waals surface area (Å²) >= 11 is 1.76. The van der Waals surface area contributed by atoms with Crippen molar-refractivity contribution in [1.29, 1.82) is 0 Å². The third kappa shape index (κ3) is 3.44. The lowest BCUT2D eigenvalue weighted by Gasteiger charge is -2.40. The predicted molar refractivity (Wildman–Crippen MR) is 83.7 cm³/mol. The number of rotatable bonds is 8. The number of hydrogen-bond acceptors (Lipinski definition) is 5. The van der Waals surface area contributed by atoms with Crippen molar-refractivity contribution >= 4 is 21.8 Å². The van der Waals surface area contributed by atoms with E-state index in [1.807, 2.05) is 0 Å². The Bertz CT molecular complexity index is 586. The maximum Gasteiger partial charge on any atom is 0.257 e. The van der Waals surface area contributed by atoms with Gasteiger partial charge in [0.15, 0.2) is 5.03 Å². The molecule has 0 aliphatic heterocycles. The first-order valence-corrected chi connectivity index (χ1v) is 10.1. The highest BCUT2D eigenvalue weighted by Crippen LogP contribution is 2.42. The molecule has 1 heterocycles. The zero-order valence-electron chi connectivity index (χ0n) is 12.2. The molecule has 0 atom stereocenters. The van der Waals surface area contributed by atoms with Crippen molar-refractivity contribution in [3.63, 3.8) is 0 Å². The molecule has 0 radical (unpaired) electrons. The Labute approximate surface area is 129 Å². The normalized spacial score (nSPS) is 21.2. The minimum absolute atomic E-state index is 0.0829. The first-order chi connectivity index (χ1) is 10.0. The molecular weight excluding hydrogens is 308 g/mol. The quantitative estimate of drug-likeness (QED) is 0.667. The molecule has 0 amide bonds. The van der Waals surface area contributed by atoms with Crippen molar-refractivity contribution < 1.29 is 8.42 Å². The number of H-pyrrole nitrogens is 1. The van der Waals surface area contributed by atoms with Crippen LogP contribution in [-0.2, 0) is 16.6 Å². The Balaban J connectivity index is 1.64. The van der Waals surface area contributed by atoms with E-state index in [1.54, 1.807) is 18.0 Å². The van der Waals surface area contributed by atoms with Crippen LogP contribution in [0, 0.1) is 0 Å². The highest BCUT2D eigenvalue weighted by Gasteiger charge is 2.37. The fourth-order valence-electron chi connectivity index (χ4n) is 2.52. The number of aromatic amines is 1. The van der Waals surface area contributed by atoms with Crippen molar-refractivity contribution in [2.75, 3.05) is 12.8 Å². The average Bonchev–Trinajstić information content (AvgIpc) is 3.11. The molecule has 8 heteroatoms. The zero-order valence-corrected chi connectivity index (χ0v) is 13.8. The molecule has 0 bridgehead atoms. The Morgan fingerprint density at radius 1 is 1.48 bits per heavy atom. The predicted octanol–water partition coefficient (Wildman–Crippen LogP) is 1.23. The van der Waals surface area contributed by atoms with Crippen LogP contribution in [0.25, 0.3) is 0 Å². The van der Waals surface area contributed by atoms with Crippen molar-refractivity contribution in [2.45, 2.75) is 54.5 Å². The van der Waals surface area contributed by atoms with Crippen LogP contribution in [-0.4, -0.2) is 42.2 Å². The summed E-state index contributed by atoms with van der Waals surface area (Å²) in [5, 5.41) is 10.1. The van der Waals surface area contributed by atoms with E-state index in [1.165, 1.54) is 19.3 Å². The second kappa shape index (κ2) is 5.91. The Morgan fingerprint density at radius 2 is 2.24 bits per heavy atom. The van der Waals surface area contributed by atoms with Crippen LogP contribution in [0.15, 0.2) is 11.2 Å². The van der Waals surface area contributed by atoms with Crippen LogP contribution in [0.1, 0.15) is 37.7 Å². The topological polar surface area (TPSA) is 86.9 Å². The first kappa shape index (κ1) is 15.3. The Hall–Kier alpha value is -0.570. The number of nitrogens with one attached hydrogen (secondary N) is 3. The molecule has 0 saturated heterocycles. The monoisotopic (exact) mass is 330 g/mol. The molecule has 0 spiro atoms. The maximum atomic E-state index is 12.5. The van der Waals surface area contributed by atoms with Gasteiger partial charge in [-0.1, -0.05) is 6.42 Å². The van der Waals surface area contributed by atoms with Crippen LogP contribution in [0.2, 0.25) is 0 Å². The molecule has 1 aromatic heterocycles. The summed E-state index contributed by atoms with van der Waals surface area (Å²) in [4.78, 5) is 0. The molecule has 2 saturated carbocycles. The van der Waals surface area contributed by atoms with Gasteiger partial charge >= 0.3 is 0 Å². The van der Waals surface area contributed by atoms with Gasteiger partial charge in [-0.3, -0.25) is 5.10 Å². The average molecular weight is 330 g/mol. The van der Waals surface area contributed by atoms with E-state index < -0.39 is 10.0 Å². The van der Waals surface area contributed by atoms with Gasteiger partial charge in [-0.25, -0.2) is 13.1 Å². The molecule has 2 fully saturated rings. The fraction of sp³-hybridized carbons (Fsp3) is 0.769. The minimum Gasteiger partial charge on any atom is -0.310 e. The van der Waals surface area contributed by atoms with E-state index in [4.69, 9.17) is 0 Å². The molecule has 118 valence electrons. The number of thioether (sulfide) groups is 1. The van der Waals surface area contributed by atoms with Gasteiger partial charge in [0, 0.05) is 29.4 Å². The minimum atomic E-state index is -3.52. The highest BCUT2D eigenvalue weighted by molar-refractivity contribution is 8.00. The molecule has 3 N–H and O–H groups in total. The van der Waals surface area contributed by atoms with Gasteiger partial charge in [0.2, 0.25) is 0 Å². The van der Waals surface area contributed by atoms with Gasteiger partial charge in [0.1, 0.15) is 0 Å². The summed E-state index contributed by atoms with van der Waals surface area (Å²) in [6.45, 7) is 1.04. The second-order valence-electron chi connectivity index (χ2n) is 5.94. The van der Waals surface area contributed by atoms with E-state index in [-0.39, 0.29) is 9.77 Å². The summed E-state index contributed by atoms with van der Waals surface area (Å²) in [5.41, 5.74) is 0.709. The van der Waals surface area contributed by atoms with E-state index in [9.17, 15) is 8.42 Å². The molecule has 21 heavy (non-hydrogen) atoms. The van der Waals surface area contributed by atoms with E-state index in [0.717, 1.165) is 12.8 Å². The SMILES string of the molecule is CSC1(CNS(=O)(=O)c2[nH]ncc2CNC2CC2)CCC1. The maximum absolute atomic E-state index is 12.5. The van der Waals surface area contributed by atoms with Gasteiger partial charge in [0.25, 0.3) is 10.0 Å². The van der Waals surface area contributed by atoms with Gasteiger partial charge in [-0.2, -0.15) is 16.9 Å². The van der Waals surface area contributed by atoms with Crippen LogP contribution in [0.3, 0.4) is 0 Å². The molecular formula is C13H22N4O2S2. The lowest BCUT2D eigenvalue weighted by Crippen LogP contribution is -2.45. The van der Waals surface area contributed by atoms with Crippen LogP contribution < -0.4 is 10.0 Å². The lowest BCUT2D eigenvalue weighted by atomic mass is 9.84. The van der Waals surface area contributed by atoms with Crippen molar-refractivity contribution in [2.24, 2.45) is 0 Å². The zero-order chi connectivity index (χ0) is 14.9. The van der Waals surface area contributed by atoms with E-state index in [2.05, 4.69) is 26.5 Å². The lowest BCUT2D eigenvalue weighted by molar-refractivity contribution is 0.361. The first-order valence-electron chi connectivity index (χ1n) is 7.35. The summed E-state index contributed by atoms with van der Waals surface area (Å²) in [6, 6.07) is 0.540. The van der Waals surface area contributed by atoms with Crippen LogP contribution in [0.5, 0.6) is 0 Å². The molecule has 1 aromatic rings. The Kier molecular flexibility index (Phi) is 4.31. The van der Waals surface area contributed by atoms with E-state index >= 15 is 0 Å². The highest BCUT2D eigenvalue weighted by atomic mass is 32.2. The number of aromatic nitrogens is 2. The van der Waals surface area contributed by atoms with Crippen molar-refractivity contribution in [3.8, 4) is 0 Å². The number of nitrogens with zero attached hydrogens (tertiary/aromatic N) is 1. The molecule has 0 unspecified atom stereocenters. The molecule has 2 aliphatic rings. The van der Waals surface area contributed by atoms with Crippen LogP contribution in [0.4, 0.5) is 0 Å². The summed E-state index contributed by atoms with van der Waals surface area (Å²) in [7, 11) is -3.52. The second-order valence-corrected chi connectivity index (χ2v) is 8.92. The largest absolute Gasteiger partial charge is 0.310 e. The third-order valence-electron chi connectivity index (χ3n) is 4.39. The fourth-order valence-corrected chi connectivity index (χ4v) is 4.78. The standard InChI is InChI=1S/C13H22N4O2S2/c1-20-13(5-2-6-13)9-16-21(18,19)12-10(8-15-17-12)7-14-11-3-4-11/h8,11,14,16H,2-7,9H2,1H3,(H,15,17). The van der Waals surface area contributed by atoms with Gasteiger partial charge in [-0.15, -0.1) is 0 Å². The molecule has 3 rings (SSSR count). The van der Waals surface area contributed by atoms with E-state index in [0.29, 0.717) is 24.7 Å². The summed E-state index contributed by atoms with van der Waals surface area (Å²) in [6.07, 6.45) is 9.34. The number of sulfonamides is 1. The molecule has 0 aromatic carbocycles. The van der Waals surface area contributed by atoms with Gasteiger partial charge < -0.3 is 5.32 Å². The summed E-state index contributed by atoms with van der Waals surface area (Å²) in [5.74, 6) is 0. The smallest absolute Gasteiger partial charge is 0.257 e. The third-order valence-corrected chi connectivity index (χ3v) is 7.22. The molecule has 6 nitrogen and oxygen atoms in total. The van der Waals surface area contributed by atoms with Crippen molar-refractivity contribution in [1.82, 2.24) is 20.2 Å². The Morgan fingerprint density at radius 3 is 2.81 bits per heavy atom.